The number of nitrogens with one attached hydrogen (secondary N) is 1. The topological polar surface area (TPSA) is 116 Å². The van der Waals surface area contributed by atoms with Crippen molar-refractivity contribution in [2.75, 3.05) is 32.7 Å². The summed E-state index contributed by atoms with van der Waals surface area (Å²) < 4.78 is 5.12. The zero-order valence-corrected chi connectivity index (χ0v) is 19.6. The Kier molecular flexibility index (Phi) is 6.76. The second kappa shape index (κ2) is 9.21. The highest BCUT2D eigenvalue weighted by Crippen LogP contribution is 2.26. The number of amides is 5. The van der Waals surface area contributed by atoms with Crippen molar-refractivity contribution in [2.24, 2.45) is 0 Å². The normalized spacial score (nSPS) is 16.2. The standard InChI is InChI=1S/C23H30N4O6/c1-14(2)27-20(30)16-7-6-15(12-17(16)21(27)31)19(29)26-10-8-25(9-11-26)18(28)13-24-22(32)33-23(3,4)5/h6-7,12,14H,8-11,13H2,1-5H3,(H,24,32). The van der Waals surface area contributed by atoms with Gasteiger partial charge in [0.25, 0.3) is 17.7 Å². The number of imide groups is 1. The molecule has 1 fully saturated rings. The van der Waals surface area contributed by atoms with Gasteiger partial charge in [-0.2, -0.15) is 0 Å². The van der Waals surface area contributed by atoms with E-state index in [-0.39, 0.29) is 35.9 Å². The molecule has 2 aliphatic rings. The zero-order valence-electron chi connectivity index (χ0n) is 19.6. The third-order valence-electron chi connectivity index (χ3n) is 5.38. The van der Waals surface area contributed by atoms with Crippen molar-refractivity contribution in [3.05, 3.63) is 34.9 Å². The molecule has 1 aromatic rings. The maximum atomic E-state index is 13.0. The van der Waals surface area contributed by atoms with Gasteiger partial charge in [0.05, 0.1) is 11.1 Å². The van der Waals surface area contributed by atoms with E-state index in [0.29, 0.717) is 37.3 Å². The van der Waals surface area contributed by atoms with Gasteiger partial charge >= 0.3 is 6.09 Å². The van der Waals surface area contributed by atoms with E-state index in [1.54, 1.807) is 50.5 Å². The quantitative estimate of drug-likeness (QED) is 0.684. The van der Waals surface area contributed by atoms with Crippen molar-refractivity contribution in [2.45, 2.75) is 46.3 Å². The number of hydrogen-bond donors (Lipinski definition) is 1. The Hall–Kier alpha value is -3.43. The number of hydrogen-bond acceptors (Lipinski definition) is 6. The average Bonchev–Trinajstić information content (AvgIpc) is 3.00. The maximum absolute atomic E-state index is 13.0. The van der Waals surface area contributed by atoms with Gasteiger partial charge in [0.2, 0.25) is 5.91 Å². The van der Waals surface area contributed by atoms with Gasteiger partial charge in [-0.1, -0.05) is 0 Å². The minimum Gasteiger partial charge on any atom is -0.444 e. The number of carbonyl (C=O) groups is 5. The summed E-state index contributed by atoms with van der Waals surface area (Å²) in [5.41, 5.74) is 0.216. The van der Waals surface area contributed by atoms with Gasteiger partial charge in [0, 0.05) is 37.8 Å². The fraction of sp³-hybridized carbons (Fsp3) is 0.522. The molecule has 0 aromatic heterocycles. The van der Waals surface area contributed by atoms with E-state index in [1.807, 2.05) is 0 Å². The van der Waals surface area contributed by atoms with Crippen molar-refractivity contribution in [1.29, 1.82) is 0 Å². The Balaban J connectivity index is 1.56. The molecule has 5 amide bonds. The van der Waals surface area contributed by atoms with E-state index >= 15 is 0 Å². The molecule has 10 heteroatoms. The van der Waals surface area contributed by atoms with Crippen LogP contribution in [-0.2, 0) is 9.53 Å². The molecule has 33 heavy (non-hydrogen) atoms. The first-order valence-corrected chi connectivity index (χ1v) is 10.9. The van der Waals surface area contributed by atoms with E-state index in [2.05, 4.69) is 5.32 Å². The summed E-state index contributed by atoms with van der Waals surface area (Å²) in [5.74, 6) is -1.27. The molecule has 0 aliphatic carbocycles. The second-order valence-corrected chi connectivity index (χ2v) is 9.36. The van der Waals surface area contributed by atoms with Crippen molar-refractivity contribution in [3.8, 4) is 0 Å². The summed E-state index contributed by atoms with van der Waals surface area (Å²) in [5, 5.41) is 2.44. The van der Waals surface area contributed by atoms with Crippen LogP contribution < -0.4 is 5.32 Å². The van der Waals surface area contributed by atoms with Crippen LogP contribution in [0.25, 0.3) is 0 Å². The second-order valence-electron chi connectivity index (χ2n) is 9.36. The molecule has 0 atom stereocenters. The van der Waals surface area contributed by atoms with Gasteiger partial charge in [-0.15, -0.1) is 0 Å². The van der Waals surface area contributed by atoms with Crippen LogP contribution in [0.1, 0.15) is 65.7 Å². The highest BCUT2D eigenvalue weighted by atomic mass is 16.6. The van der Waals surface area contributed by atoms with Crippen LogP contribution in [0.5, 0.6) is 0 Å². The zero-order chi connectivity index (χ0) is 24.5. The lowest BCUT2D eigenvalue weighted by molar-refractivity contribution is -0.131. The predicted octanol–water partition coefficient (Wildman–Crippen LogP) is 1.50. The summed E-state index contributed by atoms with van der Waals surface area (Å²) in [6.07, 6.45) is -0.662. The highest BCUT2D eigenvalue weighted by Gasteiger charge is 2.38. The Morgan fingerprint density at radius 2 is 1.55 bits per heavy atom. The van der Waals surface area contributed by atoms with E-state index in [0.717, 1.165) is 0 Å². The number of carbonyl (C=O) groups excluding carboxylic acids is 5. The van der Waals surface area contributed by atoms with Crippen LogP contribution in [0.15, 0.2) is 18.2 Å². The van der Waals surface area contributed by atoms with Crippen LogP contribution in [0.3, 0.4) is 0 Å². The lowest BCUT2D eigenvalue weighted by atomic mass is 10.0. The van der Waals surface area contributed by atoms with Gasteiger partial charge in [0.15, 0.2) is 0 Å². The summed E-state index contributed by atoms with van der Waals surface area (Å²) in [4.78, 5) is 66.5. The van der Waals surface area contributed by atoms with Crippen molar-refractivity contribution < 1.29 is 28.7 Å². The molecule has 178 valence electrons. The lowest BCUT2D eigenvalue weighted by Gasteiger charge is -2.35. The minimum absolute atomic E-state index is 0.184. The van der Waals surface area contributed by atoms with Gasteiger partial charge in [-0.3, -0.25) is 24.1 Å². The van der Waals surface area contributed by atoms with Crippen LogP contribution in [0.4, 0.5) is 4.79 Å². The molecule has 2 heterocycles. The summed E-state index contributed by atoms with van der Waals surface area (Å²) in [6.45, 7) is 9.83. The number of alkyl carbamates (subject to hydrolysis) is 1. The van der Waals surface area contributed by atoms with Crippen molar-refractivity contribution >= 4 is 29.7 Å². The third-order valence-corrected chi connectivity index (χ3v) is 5.38. The lowest BCUT2D eigenvalue weighted by Crippen LogP contribution is -2.52. The predicted molar refractivity (Wildman–Crippen MR) is 119 cm³/mol. The van der Waals surface area contributed by atoms with Crippen LogP contribution in [0, 0.1) is 0 Å². The molecular formula is C23H30N4O6. The number of fused-ring (bicyclic) bond motifs is 1. The Morgan fingerprint density at radius 1 is 0.970 bits per heavy atom. The summed E-state index contributed by atoms with van der Waals surface area (Å²) >= 11 is 0. The van der Waals surface area contributed by atoms with Gasteiger partial charge in [-0.25, -0.2) is 4.79 Å². The molecule has 0 unspecified atom stereocenters. The van der Waals surface area contributed by atoms with Gasteiger partial charge in [-0.05, 0) is 52.8 Å². The molecule has 10 nitrogen and oxygen atoms in total. The Bertz CT molecular complexity index is 989. The summed E-state index contributed by atoms with van der Waals surface area (Å²) in [6, 6.07) is 4.28. The molecule has 1 aromatic carbocycles. The molecule has 2 aliphatic heterocycles. The number of rotatable bonds is 4. The molecule has 1 saturated heterocycles. The van der Waals surface area contributed by atoms with Crippen LogP contribution in [0.2, 0.25) is 0 Å². The molecule has 0 saturated carbocycles. The Morgan fingerprint density at radius 3 is 2.12 bits per heavy atom. The van der Waals surface area contributed by atoms with E-state index < -0.39 is 17.6 Å². The van der Waals surface area contributed by atoms with E-state index in [9.17, 15) is 24.0 Å². The van der Waals surface area contributed by atoms with Gasteiger partial charge < -0.3 is 19.9 Å². The molecule has 0 bridgehead atoms. The first kappa shape index (κ1) is 24.2. The number of nitrogens with zero attached hydrogens (tertiary/aromatic N) is 3. The van der Waals surface area contributed by atoms with Crippen LogP contribution in [-0.4, -0.2) is 88.8 Å². The molecule has 0 radical (unpaired) electrons. The van der Waals surface area contributed by atoms with E-state index in [1.165, 1.54) is 17.0 Å². The number of ether oxygens (including phenoxy) is 1. The highest BCUT2D eigenvalue weighted by molar-refractivity contribution is 6.22. The third kappa shape index (κ3) is 5.32. The smallest absolute Gasteiger partial charge is 0.408 e. The van der Waals surface area contributed by atoms with Gasteiger partial charge in [0.1, 0.15) is 12.1 Å². The van der Waals surface area contributed by atoms with Crippen molar-refractivity contribution in [1.82, 2.24) is 20.0 Å². The van der Waals surface area contributed by atoms with Crippen molar-refractivity contribution in [3.63, 3.8) is 0 Å². The monoisotopic (exact) mass is 458 g/mol. The largest absolute Gasteiger partial charge is 0.444 e. The SMILES string of the molecule is CC(C)N1C(=O)c2ccc(C(=O)N3CCN(C(=O)CNC(=O)OC(C)(C)C)CC3)cc2C1=O. The maximum Gasteiger partial charge on any atom is 0.408 e. The molecule has 1 N–H and O–H groups in total. The average molecular weight is 459 g/mol. The molecule has 3 rings (SSSR count). The number of piperazine rings is 1. The fourth-order valence-electron chi connectivity index (χ4n) is 3.78. The Labute approximate surface area is 192 Å². The van der Waals surface area contributed by atoms with E-state index in [4.69, 9.17) is 4.74 Å². The number of benzene rings is 1. The summed E-state index contributed by atoms with van der Waals surface area (Å²) in [7, 11) is 0. The molecular weight excluding hydrogens is 428 g/mol. The fourth-order valence-corrected chi connectivity index (χ4v) is 3.78. The van der Waals surface area contributed by atoms with Crippen LogP contribution >= 0.6 is 0 Å². The molecule has 0 spiro atoms. The first-order chi connectivity index (χ1) is 15.4. The first-order valence-electron chi connectivity index (χ1n) is 10.9. The minimum atomic E-state index is -0.662.